The highest BCUT2D eigenvalue weighted by atomic mass is 35.5. The molecule has 1 aromatic carbocycles. The Morgan fingerprint density at radius 3 is 2.32 bits per heavy atom. The largest absolute Gasteiger partial charge is 0.481 e. The molecule has 1 aromatic rings. The molecule has 0 unspecified atom stereocenters. The normalized spacial score (nSPS) is 11.5. The molecule has 2 N–H and O–H groups in total. The van der Waals surface area contributed by atoms with Crippen molar-refractivity contribution in [3.63, 3.8) is 0 Å². The quantitative estimate of drug-likeness (QED) is 0.787. The van der Waals surface area contributed by atoms with Gasteiger partial charge in [-0.25, -0.2) is 13.1 Å². The summed E-state index contributed by atoms with van der Waals surface area (Å²) in [7, 11) is -3.73. The van der Waals surface area contributed by atoms with E-state index in [0.29, 0.717) is 5.56 Å². The number of carboxylic acids is 1. The summed E-state index contributed by atoms with van der Waals surface area (Å²) in [5.41, 5.74) is 0.605. The van der Waals surface area contributed by atoms with Crippen molar-refractivity contribution in [1.29, 1.82) is 0 Å². The van der Waals surface area contributed by atoms with Crippen LogP contribution in [-0.4, -0.2) is 26.0 Å². The molecule has 8 heteroatoms. The van der Waals surface area contributed by atoms with Crippen molar-refractivity contribution in [1.82, 2.24) is 4.72 Å². The molecule has 19 heavy (non-hydrogen) atoms. The Morgan fingerprint density at radius 1 is 1.32 bits per heavy atom. The maximum absolute atomic E-state index is 11.9. The minimum absolute atomic E-state index is 0.0385. The lowest BCUT2D eigenvalue weighted by molar-refractivity contribution is -0.137. The van der Waals surface area contributed by atoms with Gasteiger partial charge in [-0.3, -0.25) is 4.79 Å². The summed E-state index contributed by atoms with van der Waals surface area (Å²) in [4.78, 5) is 10.3. The summed E-state index contributed by atoms with van der Waals surface area (Å²) in [6.45, 7) is 1.72. The number of sulfonamides is 1. The zero-order valence-corrected chi connectivity index (χ0v) is 12.4. The van der Waals surface area contributed by atoms with Crippen LogP contribution >= 0.6 is 23.2 Å². The van der Waals surface area contributed by atoms with Gasteiger partial charge in [-0.05, 0) is 31.0 Å². The first-order valence-electron chi connectivity index (χ1n) is 5.41. The fraction of sp³-hybridized carbons (Fsp3) is 0.364. The van der Waals surface area contributed by atoms with Crippen molar-refractivity contribution in [3.05, 3.63) is 27.7 Å². The van der Waals surface area contributed by atoms with E-state index >= 15 is 0 Å². The fourth-order valence-corrected chi connectivity index (χ4v) is 3.05. The molecule has 0 aliphatic heterocycles. The van der Waals surface area contributed by atoms with Crippen LogP contribution in [0.1, 0.15) is 18.4 Å². The number of hydrogen-bond acceptors (Lipinski definition) is 3. The third-order valence-electron chi connectivity index (χ3n) is 2.42. The van der Waals surface area contributed by atoms with E-state index in [0.717, 1.165) is 0 Å². The van der Waals surface area contributed by atoms with Crippen LogP contribution in [0.25, 0.3) is 0 Å². The summed E-state index contributed by atoms with van der Waals surface area (Å²) >= 11 is 11.7. The monoisotopic (exact) mass is 325 g/mol. The smallest absolute Gasteiger partial charge is 0.303 e. The second-order valence-corrected chi connectivity index (χ2v) is 6.49. The number of rotatable bonds is 6. The molecule has 0 aromatic heterocycles. The Morgan fingerprint density at radius 2 is 1.84 bits per heavy atom. The van der Waals surface area contributed by atoms with Gasteiger partial charge in [0.1, 0.15) is 0 Å². The highest BCUT2D eigenvalue weighted by Crippen LogP contribution is 2.27. The van der Waals surface area contributed by atoms with Crippen LogP contribution < -0.4 is 4.72 Å². The second-order valence-electron chi connectivity index (χ2n) is 3.91. The molecular weight excluding hydrogens is 313 g/mol. The van der Waals surface area contributed by atoms with Gasteiger partial charge >= 0.3 is 5.97 Å². The first-order chi connectivity index (χ1) is 8.74. The topological polar surface area (TPSA) is 83.5 Å². The number of halogens is 2. The molecule has 0 saturated heterocycles. The molecule has 0 spiro atoms. The Bertz CT molecular complexity index is 563. The van der Waals surface area contributed by atoms with Gasteiger partial charge in [-0.15, -0.1) is 0 Å². The maximum Gasteiger partial charge on any atom is 0.303 e. The number of benzene rings is 1. The highest BCUT2D eigenvalue weighted by molar-refractivity contribution is 7.89. The van der Waals surface area contributed by atoms with Gasteiger partial charge in [0.05, 0.1) is 4.90 Å². The third-order valence-corrected chi connectivity index (χ3v) is 4.65. The van der Waals surface area contributed by atoms with Crippen LogP contribution in [0.4, 0.5) is 0 Å². The van der Waals surface area contributed by atoms with E-state index in [9.17, 15) is 13.2 Å². The Kier molecular flexibility index (Phi) is 5.61. The first kappa shape index (κ1) is 16.2. The predicted octanol–water partition coefficient (Wildman–Crippen LogP) is 2.44. The van der Waals surface area contributed by atoms with Gasteiger partial charge in [-0.1, -0.05) is 23.2 Å². The SMILES string of the molecule is Cc1c(Cl)cc(S(=O)(=O)NCCCC(=O)O)cc1Cl. The van der Waals surface area contributed by atoms with Gasteiger partial charge in [-0.2, -0.15) is 0 Å². The van der Waals surface area contributed by atoms with Crippen molar-refractivity contribution < 1.29 is 18.3 Å². The Balaban J connectivity index is 2.80. The minimum atomic E-state index is -3.73. The van der Waals surface area contributed by atoms with Crippen LogP contribution in [0.15, 0.2) is 17.0 Å². The van der Waals surface area contributed by atoms with E-state index in [4.69, 9.17) is 28.3 Å². The molecule has 0 aliphatic rings. The fourth-order valence-electron chi connectivity index (χ4n) is 1.31. The first-order valence-corrected chi connectivity index (χ1v) is 7.65. The molecule has 106 valence electrons. The number of nitrogens with one attached hydrogen (secondary N) is 1. The number of carbonyl (C=O) groups is 1. The summed E-state index contributed by atoms with van der Waals surface area (Å²) in [6, 6.07) is 2.62. The zero-order chi connectivity index (χ0) is 14.6. The van der Waals surface area contributed by atoms with Gasteiger partial charge in [0.15, 0.2) is 0 Å². The van der Waals surface area contributed by atoms with Crippen molar-refractivity contribution in [2.24, 2.45) is 0 Å². The van der Waals surface area contributed by atoms with Crippen molar-refractivity contribution >= 4 is 39.2 Å². The number of carboxylic acid groups (broad SMARTS) is 1. The lowest BCUT2D eigenvalue weighted by atomic mass is 10.2. The van der Waals surface area contributed by atoms with E-state index in [1.807, 2.05) is 0 Å². The minimum Gasteiger partial charge on any atom is -0.481 e. The molecule has 0 amide bonds. The molecular formula is C11H13Cl2NO4S. The van der Waals surface area contributed by atoms with Gasteiger partial charge in [0, 0.05) is 23.0 Å². The van der Waals surface area contributed by atoms with Gasteiger partial charge in [0.2, 0.25) is 10.0 Å². The standard InChI is InChI=1S/C11H13Cl2NO4S/c1-7-9(12)5-8(6-10(7)13)19(17,18)14-4-2-3-11(15)16/h5-6,14H,2-4H2,1H3,(H,15,16). The Labute approximate surface area is 121 Å². The Hall–Kier alpha value is -0.820. The number of aliphatic carboxylic acids is 1. The molecule has 5 nitrogen and oxygen atoms in total. The lowest BCUT2D eigenvalue weighted by Gasteiger charge is -2.09. The lowest BCUT2D eigenvalue weighted by Crippen LogP contribution is -2.25. The average molecular weight is 326 g/mol. The van der Waals surface area contributed by atoms with Crippen molar-refractivity contribution in [2.45, 2.75) is 24.7 Å². The molecule has 0 saturated carbocycles. The van der Waals surface area contributed by atoms with Crippen LogP contribution in [0.3, 0.4) is 0 Å². The van der Waals surface area contributed by atoms with Gasteiger partial charge in [0.25, 0.3) is 0 Å². The maximum atomic E-state index is 11.9. The van der Waals surface area contributed by atoms with E-state index < -0.39 is 16.0 Å². The van der Waals surface area contributed by atoms with E-state index in [2.05, 4.69) is 4.72 Å². The van der Waals surface area contributed by atoms with E-state index in [1.54, 1.807) is 6.92 Å². The predicted molar refractivity (Wildman–Crippen MR) is 73.3 cm³/mol. The van der Waals surface area contributed by atoms with Crippen LogP contribution in [0, 0.1) is 6.92 Å². The van der Waals surface area contributed by atoms with Crippen LogP contribution in [-0.2, 0) is 14.8 Å². The van der Waals surface area contributed by atoms with Crippen molar-refractivity contribution in [3.8, 4) is 0 Å². The third kappa shape index (κ3) is 4.65. The summed E-state index contributed by atoms with van der Waals surface area (Å²) in [6.07, 6.45) is 0.111. The summed E-state index contributed by atoms with van der Waals surface area (Å²) in [5, 5.41) is 8.98. The zero-order valence-electron chi connectivity index (χ0n) is 10.1. The molecule has 0 atom stereocenters. The van der Waals surface area contributed by atoms with E-state index in [-0.39, 0.29) is 34.3 Å². The molecule has 0 heterocycles. The highest BCUT2D eigenvalue weighted by Gasteiger charge is 2.16. The summed E-state index contributed by atoms with van der Waals surface area (Å²) < 4.78 is 26.1. The molecule has 1 rings (SSSR count). The number of hydrogen-bond donors (Lipinski definition) is 2. The van der Waals surface area contributed by atoms with Crippen molar-refractivity contribution in [2.75, 3.05) is 6.54 Å². The van der Waals surface area contributed by atoms with Crippen LogP contribution in [0.2, 0.25) is 10.0 Å². The molecule has 0 aliphatic carbocycles. The second kappa shape index (κ2) is 6.56. The summed E-state index contributed by atoms with van der Waals surface area (Å²) in [5.74, 6) is -0.972. The molecule has 0 bridgehead atoms. The molecule has 0 radical (unpaired) electrons. The van der Waals surface area contributed by atoms with Gasteiger partial charge < -0.3 is 5.11 Å². The van der Waals surface area contributed by atoms with Crippen LogP contribution in [0.5, 0.6) is 0 Å². The average Bonchev–Trinajstić information content (AvgIpc) is 2.31. The molecule has 0 fully saturated rings. The van der Waals surface area contributed by atoms with E-state index in [1.165, 1.54) is 12.1 Å².